The van der Waals surface area contributed by atoms with Gasteiger partial charge in [-0.3, -0.25) is 5.43 Å². The number of aliphatic hydroxyl groups is 1. The molecule has 0 aliphatic carbocycles. The molecule has 4 N–H and O–H groups in total. The average Bonchev–Trinajstić information content (AvgIpc) is 2.07. The number of hydrogen-bond acceptors (Lipinski definition) is 3. The van der Waals surface area contributed by atoms with Gasteiger partial charge in [-0.05, 0) is 35.4 Å². The monoisotopic (exact) mass is 315 g/mol. The lowest BCUT2D eigenvalue weighted by molar-refractivity contribution is -0.212. The van der Waals surface area contributed by atoms with Crippen molar-refractivity contribution in [3.8, 4) is 0 Å². The van der Waals surface area contributed by atoms with Gasteiger partial charge in [0.1, 0.15) is 0 Å². The third-order valence-electron chi connectivity index (χ3n) is 1.59. The minimum absolute atomic E-state index is 0.319. The molecule has 0 aliphatic heterocycles. The molecule has 0 spiro atoms. The largest absolute Gasteiger partial charge is 0.376 e. The zero-order valence-corrected chi connectivity index (χ0v) is 10.3. The van der Waals surface area contributed by atoms with E-state index in [1.807, 2.05) is 5.43 Å². The first-order valence-electron chi connectivity index (χ1n) is 3.84. The third-order valence-corrected chi connectivity index (χ3v) is 2.31. The second-order valence-electron chi connectivity index (χ2n) is 2.85. The van der Waals surface area contributed by atoms with Gasteiger partial charge >= 0.3 is 10.8 Å². The molecule has 0 rings (SSSR count). The quantitative estimate of drug-likeness (QED) is 0.237. The lowest BCUT2D eigenvalue weighted by Crippen LogP contribution is -2.56. The lowest BCUT2D eigenvalue weighted by Gasteiger charge is -2.33. The molecule has 0 aromatic rings. The minimum atomic E-state index is -4.66. The van der Waals surface area contributed by atoms with Crippen LogP contribution in [0.5, 0.6) is 0 Å². The first-order chi connectivity index (χ1) is 7.42. The van der Waals surface area contributed by atoms with Crippen molar-refractivity contribution in [3.05, 3.63) is 0 Å². The summed E-state index contributed by atoms with van der Waals surface area (Å²) in [5.74, 6) is 0. The highest BCUT2D eigenvalue weighted by atomic mass is 35.5. The van der Waals surface area contributed by atoms with Gasteiger partial charge in [-0.1, -0.05) is 0 Å². The smallest absolute Gasteiger partial charge is 0.357 e. The van der Waals surface area contributed by atoms with Gasteiger partial charge in [0.05, 0.1) is 0 Å². The molecule has 0 radical (unpaired) electrons. The summed E-state index contributed by atoms with van der Waals surface area (Å²) in [5.41, 5.74) is 2.83. The van der Waals surface area contributed by atoms with Gasteiger partial charge in [-0.25, -0.2) is 0 Å². The number of nitrogens with zero attached hydrogens (tertiary/aromatic N) is 1. The van der Waals surface area contributed by atoms with Crippen molar-refractivity contribution in [1.29, 1.82) is 0 Å². The van der Waals surface area contributed by atoms with Crippen LogP contribution in [0.4, 0.5) is 17.6 Å². The Balaban J connectivity index is 4.88. The van der Waals surface area contributed by atoms with Crippen LogP contribution in [0.1, 0.15) is 6.42 Å². The zero-order chi connectivity index (χ0) is 13.9. The molecule has 0 bridgehead atoms. The number of hydrazone groups is 1. The molecule has 0 unspecified atom stereocenters. The van der Waals surface area contributed by atoms with Gasteiger partial charge < -0.3 is 10.8 Å². The van der Waals surface area contributed by atoms with E-state index in [1.54, 1.807) is 0 Å². The van der Waals surface area contributed by atoms with Gasteiger partial charge in [0, 0.05) is 12.6 Å². The molecule has 0 saturated heterocycles. The highest BCUT2D eigenvalue weighted by molar-refractivity contribution is 7.80. The summed E-state index contributed by atoms with van der Waals surface area (Å²) in [6.07, 6.45) is -0.832. The Morgan fingerprint density at radius 1 is 1.35 bits per heavy atom. The Hall–Kier alpha value is -0.380. The van der Waals surface area contributed by atoms with Crippen molar-refractivity contribution in [2.24, 2.45) is 10.8 Å². The van der Waals surface area contributed by atoms with Crippen LogP contribution in [0, 0.1) is 0 Å². The predicted molar refractivity (Wildman–Crippen MR) is 59.6 cm³/mol. The van der Waals surface area contributed by atoms with Gasteiger partial charge in [-0.2, -0.15) is 22.7 Å². The maximum atomic E-state index is 12.7. The van der Waals surface area contributed by atoms with E-state index in [0.29, 0.717) is 6.21 Å². The van der Waals surface area contributed by atoms with Crippen LogP contribution in [0.25, 0.3) is 0 Å². The molecular formula is C6H7Cl2F4N3OS. The summed E-state index contributed by atoms with van der Waals surface area (Å²) < 4.78 is 50.7. The number of hydrogen-bond donors (Lipinski definition) is 3. The molecule has 4 nitrogen and oxygen atoms in total. The zero-order valence-electron chi connectivity index (χ0n) is 7.93. The molecule has 0 heterocycles. The van der Waals surface area contributed by atoms with E-state index in [4.69, 9.17) is 10.8 Å². The summed E-state index contributed by atoms with van der Waals surface area (Å²) in [6.45, 7) is 0. The lowest BCUT2D eigenvalue weighted by atomic mass is 10.0. The van der Waals surface area contributed by atoms with Crippen molar-refractivity contribution in [3.63, 3.8) is 0 Å². The van der Waals surface area contributed by atoms with E-state index in [1.165, 1.54) is 0 Å². The van der Waals surface area contributed by atoms with Crippen LogP contribution in [0.3, 0.4) is 0 Å². The van der Waals surface area contributed by atoms with Gasteiger partial charge in [0.2, 0.25) is 5.60 Å². The minimum Gasteiger partial charge on any atom is -0.376 e. The fraction of sp³-hybridized carbons (Fsp3) is 0.667. The first-order valence-corrected chi connectivity index (χ1v) is 5.01. The molecule has 100 valence electrons. The highest BCUT2D eigenvalue weighted by Crippen LogP contribution is 2.47. The van der Waals surface area contributed by atoms with Crippen molar-refractivity contribution in [2.75, 3.05) is 0 Å². The number of nitrogens with one attached hydrogen (secondary N) is 1. The number of nitrogens with two attached hydrogens (primary N) is 1. The second-order valence-corrected chi connectivity index (χ2v) is 4.24. The SMILES string of the molecule is NC(=S)N/N=C\CC(O)(C(F)(F)Cl)C(F)(F)Cl. The highest BCUT2D eigenvalue weighted by Gasteiger charge is 2.66. The van der Waals surface area contributed by atoms with E-state index in [9.17, 15) is 17.6 Å². The van der Waals surface area contributed by atoms with Crippen LogP contribution in [-0.4, -0.2) is 32.8 Å². The van der Waals surface area contributed by atoms with Crippen molar-refractivity contribution >= 4 is 46.7 Å². The number of thiocarbonyl (C=S) groups is 1. The molecule has 0 fully saturated rings. The number of halogens is 6. The Kier molecular flexibility index (Phi) is 5.38. The number of alkyl halides is 6. The first kappa shape index (κ1) is 16.6. The van der Waals surface area contributed by atoms with E-state index in [-0.39, 0.29) is 5.11 Å². The van der Waals surface area contributed by atoms with Crippen molar-refractivity contribution in [2.45, 2.75) is 22.8 Å². The van der Waals surface area contributed by atoms with Gasteiger partial charge in [-0.15, -0.1) is 0 Å². The van der Waals surface area contributed by atoms with Crippen molar-refractivity contribution < 1.29 is 22.7 Å². The van der Waals surface area contributed by atoms with Gasteiger partial charge in [0.15, 0.2) is 5.11 Å². The Bertz CT molecular complexity index is 303. The van der Waals surface area contributed by atoms with Crippen LogP contribution < -0.4 is 11.2 Å². The van der Waals surface area contributed by atoms with E-state index in [0.717, 1.165) is 0 Å². The van der Waals surface area contributed by atoms with Crippen LogP contribution >= 0.6 is 35.4 Å². The molecule has 11 heteroatoms. The van der Waals surface area contributed by atoms with E-state index in [2.05, 4.69) is 40.5 Å². The van der Waals surface area contributed by atoms with Crippen molar-refractivity contribution in [1.82, 2.24) is 5.43 Å². The van der Waals surface area contributed by atoms with Crippen LogP contribution in [0.15, 0.2) is 5.10 Å². The molecule has 0 atom stereocenters. The summed E-state index contributed by atoms with van der Waals surface area (Å²) in [4.78, 5) is 0. The van der Waals surface area contributed by atoms with Crippen LogP contribution in [-0.2, 0) is 0 Å². The summed E-state index contributed by atoms with van der Waals surface area (Å²) in [6, 6.07) is 0. The molecule has 17 heavy (non-hydrogen) atoms. The maximum absolute atomic E-state index is 12.7. The summed E-state index contributed by atoms with van der Waals surface area (Å²) in [7, 11) is 0. The Labute approximate surface area is 109 Å². The molecule has 0 amide bonds. The molecule has 0 saturated carbocycles. The summed E-state index contributed by atoms with van der Waals surface area (Å²) in [5, 5.41) is 2.56. The third kappa shape index (κ3) is 4.41. The standard InChI is InChI=1S/C6H7Cl2F4N3OS/c7-5(9,10)4(16,6(8,11)12)1-2-14-15-3(13)17/h2,16H,1H2,(H3,13,15,17)/b14-2-. The predicted octanol–water partition coefficient (Wildman–Crippen LogP) is 1.59. The fourth-order valence-electron chi connectivity index (χ4n) is 0.679. The average molecular weight is 316 g/mol. The molecular weight excluding hydrogens is 309 g/mol. The Morgan fingerprint density at radius 3 is 2.06 bits per heavy atom. The summed E-state index contributed by atoms with van der Waals surface area (Å²) >= 11 is 13.1. The number of rotatable bonds is 5. The van der Waals surface area contributed by atoms with E-state index < -0.39 is 22.8 Å². The molecule has 0 aromatic heterocycles. The second kappa shape index (κ2) is 5.51. The topological polar surface area (TPSA) is 70.6 Å². The van der Waals surface area contributed by atoms with E-state index >= 15 is 0 Å². The molecule has 0 aromatic carbocycles. The van der Waals surface area contributed by atoms with Gasteiger partial charge in [0.25, 0.3) is 0 Å². The normalized spacial score (nSPS) is 14.1. The Morgan fingerprint density at radius 2 is 1.76 bits per heavy atom. The molecule has 0 aliphatic rings. The fourth-order valence-corrected chi connectivity index (χ4v) is 1.17. The maximum Gasteiger partial charge on any atom is 0.357 e. The van der Waals surface area contributed by atoms with Crippen LogP contribution in [0.2, 0.25) is 0 Å².